The Morgan fingerprint density at radius 3 is 2.59 bits per heavy atom. The lowest BCUT2D eigenvalue weighted by molar-refractivity contribution is -0.137. The number of amides is 1. The van der Waals surface area contributed by atoms with Gasteiger partial charge in [-0.15, -0.1) is 17.5 Å². The Hall–Kier alpha value is -2.13. The van der Waals surface area contributed by atoms with E-state index in [0.29, 0.717) is 12.1 Å². The Bertz CT molecular complexity index is 813. The fraction of sp³-hybridized carbons (Fsp3) is 0.471. The van der Waals surface area contributed by atoms with Crippen LogP contribution >= 0.6 is 12.4 Å². The summed E-state index contributed by atoms with van der Waals surface area (Å²) in [7, 11) is 0. The summed E-state index contributed by atoms with van der Waals surface area (Å²) in [5.74, 6) is -0.352. The van der Waals surface area contributed by atoms with E-state index in [9.17, 15) is 18.0 Å². The predicted octanol–water partition coefficient (Wildman–Crippen LogP) is 2.72. The number of nitrogens with one attached hydrogen (secondary N) is 2. The van der Waals surface area contributed by atoms with Crippen LogP contribution in [0.15, 0.2) is 30.5 Å². The van der Waals surface area contributed by atoms with Gasteiger partial charge in [-0.25, -0.2) is 4.68 Å². The van der Waals surface area contributed by atoms with Gasteiger partial charge in [-0.2, -0.15) is 13.2 Å². The molecule has 1 amide bonds. The van der Waals surface area contributed by atoms with Gasteiger partial charge in [0.15, 0.2) is 5.69 Å². The molecule has 0 radical (unpaired) electrons. The number of carbonyl (C=O) groups excluding carboxylic acids is 1. The number of hydrogen-bond acceptors (Lipinski definition) is 4. The standard InChI is InChI=1S/C17H18F3N5O.ClH/c18-17(19,20)10-2-1-3-14(6-10)25-9-15(23-24-25)16(26)22-13-7-11-4-5-12(8-13)21-11;/h1-3,6,9,11-13,21H,4-5,7-8H2,(H,22,26);1H. The van der Waals surface area contributed by atoms with Crippen molar-refractivity contribution in [2.75, 3.05) is 0 Å². The SMILES string of the molecule is Cl.O=C(NC1CC2CCC(C1)N2)c1cn(-c2cccc(C(F)(F)F)c2)nn1. The number of alkyl halides is 3. The number of halogens is 4. The van der Waals surface area contributed by atoms with Gasteiger partial charge in [0.25, 0.3) is 5.91 Å². The van der Waals surface area contributed by atoms with E-state index < -0.39 is 11.7 Å². The highest BCUT2D eigenvalue weighted by molar-refractivity contribution is 5.92. The minimum Gasteiger partial charge on any atom is -0.348 e. The largest absolute Gasteiger partial charge is 0.416 e. The van der Waals surface area contributed by atoms with Crippen LogP contribution < -0.4 is 10.6 Å². The van der Waals surface area contributed by atoms with Gasteiger partial charge in [-0.05, 0) is 43.9 Å². The van der Waals surface area contributed by atoms with E-state index >= 15 is 0 Å². The van der Waals surface area contributed by atoms with Gasteiger partial charge in [0.1, 0.15) is 0 Å². The zero-order valence-electron chi connectivity index (χ0n) is 14.2. The van der Waals surface area contributed by atoms with Crippen molar-refractivity contribution in [2.24, 2.45) is 0 Å². The maximum Gasteiger partial charge on any atom is 0.416 e. The lowest BCUT2D eigenvalue weighted by atomic mass is 10.00. The molecule has 27 heavy (non-hydrogen) atoms. The van der Waals surface area contributed by atoms with Crippen LogP contribution in [0.1, 0.15) is 41.7 Å². The molecule has 1 aromatic carbocycles. The van der Waals surface area contributed by atoms with Crippen LogP contribution in [0.4, 0.5) is 13.2 Å². The second-order valence-electron chi connectivity index (χ2n) is 6.88. The quantitative estimate of drug-likeness (QED) is 0.829. The van der Waals surface area contributed by atoms with Gasteiger partial charge in [-0.3, -0.25) is 4.79 Å². The Morgan fingerprint density at radius 2 is 1.93 bits per heavy atom. The van der Waals surface area contributed by atoms with Crippen molar-refractivity contribution in [1.29, 1.82) is 0 Å². The first-order chi connectivity index (χ1) is 12.4. The number of fused-ring (bicyclic) bond motifs is 2. The minimum atomic E-state index is -4.44. The maximum absolute atomic E-state index is 12.8. The highest BCUT2D eigenvalue weighted by Crippen LogP contribution is 2.30. The molecule has 0 spiro atoms. The molecule has 2 N–H and O–H groups in total. The molecule has 2 aliphatic rings. The number of aromatic nitrogens is 3. The summed E-state index contributed by atoms with van der Waals surface area (Å²) in [6.45, 7) is 0. The predicted molar refractivity (Wildman–Crippen MR) is 94.0 cm³/mol. The van der Waals surface area contributed by atoms with Gasteiger partial charge < -0.3 is 10.6 Å². The summed E-state index contributed by atoms with van der Waals surface area (Å²) in [6.07, 6.45) is 0.922. The molecule has 2 aromatic rings. The molecule has 2 unspecified atom stereocenters. The van der Waals surface area contributed by atoms with Gasteiger partial charge in [-0.1, -0.05) is 11.3 Å². The first-order valence-electron chi connectivity index (χ1n) is 8.55. The molecule has 4 rings (SSSR count). The monoisotopic (exact) mass is 401 g/mol. The molecular formula is C17H19ClF3N5O. The molecular weight excluding hydrogens is 383 g/mol. The molecule has 2 bridgehead atoms. The molecule has 3 heterocycles. The summed E-state index contributed by atoms with van der Waals surface area (Å²) >= 11 is 0. The molecule has 1 aromatic heterocycles. The normalized spacial score (nSPS) is 24.3. The molecule has 6 nitrogen and oxygen atoms in total. The minimum absolute atomic E-state index is 0. The molecule has 2 saturated heterocycles. The fourth-order valence-electron chi connectivity index (χ4n) is 3.75. The fourth-order valence-corrected chi connectivity index (χ4v) is 3.75. The zero-order chi connectivity index (χ0) is 18.3. The zero-order valence-corrected chi connectivity index (χ0v) is 15.1. The van der Waals surface area contributed by atoms with E-state index in [1.807, 2.05) is 0 Å². The Balaban J connectivity index is 0.00000210. The summed E-state index contributed by atoms with van der Waals surface area (Å²) < 4.78 is 39.7. The van der Waals surface area contributed by atoms with Gasteiger partial charge in [0.05, 0.1) is 17.4 Å². The number of piperidine rings is 1. The van der Waals surface area contributed by atoms with E-state index in [1.165, 1.54) is 23.0 Å². The third-order valence-corrected chi connectivity index (χ3v) is 4.97. The van der Waals surface area contributed by atoms with E-state index in [0.717, 1.165) is 37.8 Å². The summed E-state index contributed by atoms with van der Waals surface area (Å²) in [5.41, 5.74) is -0.485. The molecule has 0 saturated carbocycles. The van der Waals surface area contributed by atoms with Gasteiger partial charge in [0.2, 0.25) is 0 Å². The van der Waals surface area contributed by atoms with Crippen LogP contribution in [0.5, 0.6) is 0 Å². The van der Waals surface area contributed by atoms with Crippen molar-refractivity contribution in [1.82, 2.24) is 25.6 Å². The van der Waals surface area contributed by atoms with Crippen molar-refractivity contribution in [2.45, 2.75) is 50.0 Å². The molecule has 0 aliphatic carbocycles. The van der Waals surface area contributed by atoms with Crippen molar-refractivity contribution in [3.63, 3.8) is 0 Å². The Labute approximate surface area is 159 Å². The lowest BCUT2D eigenvalue weighted by Gasteiger charge is -2.29. The van der Waals surface area contributed by atoms with Crippen molar-refractivity contribution < 1.29 is 18.0 Å². The smallest absolute Gasteiger partial charge is 0.348 e. The highest BCUT2D eigenvalue weighted by Gasteiger charge is 2.34. The van der Waals surface area contributed by atoms with E-state index in [4.69, 9.17) is 0 Å². The average Bonchev–Trinajstić information content (AvgIpc) is 3.21. The summed E-state index contributed by atoms with van der Waals surface area (Å²) in [6, 6.07) is 5.71. The number of hydrogen-bond donors (Lipinski definition) is 2. The summed E-state index contributed by atoms with van der Waals surface area (Å²) in [5, 5.41) is 14.1. The second kappa shape index (κ2) is 7.47. The van der Waals surface area contributed by atoms with Gasteiger partial charge in [0, 0.05) is 18.1 Å². The number of carbonyl (C=O) groups is 1. The molecule has 10 heteroatoms. The van der Waals surface area contributed by atoms with Crippen LogP contribution in [0.2, 0.25) is 0 Å². The number of rotatable bonds is 3. The Kier molecular flexibility index (Phi) is 5.43. The molecule has 2 atom stereocenters. The number of nitrogens with zero attached hydrogens (tertiary/aromatic N) is 3. The van der Waals surface area contributed by atoms with Crippen LogP contribution in [0.25, 0.3) is 5.69 Å². The second-order valence-corrected chi connectivity index (χ2v) is 6.88. The summed E-state index contributed by atoms with van der Waals surface area (Å²) in [4.78, 5) is 12.4. The van der Waals surface area contributed by atoms with Crippen molar-refractivity contribution in [3.05, 3.63) is 41.7 Å². The topological polar surface area (TPSA) is 71.8 Å². The molecule has 146 valence electrons. The first kappa shape index (κ1) is 19.6. The van der Waals surface area contributed by atoms with Gasteiger partial charge >= 0.3 is 6.18 Å². The third-order valence-electron chi connectivity index (χ3n) is 4.97. The average molecular weight is 402 g/mol. The molecule has 2 aliphatic heterocycles. The first-order valence-corrected chi connectivity index (χ1v) is 8.55. The van der Waals surface area contributed by atoms with E-state index in [-0.39, 0.29) is 35.7 Å². The van der Waals surface area contributed by atoms with Crippen LogP contribution in [0.3, 0.4) is 0 Å². The highest BCUT2D eigenvalue weighted by atomic mass is 35.5. The lowest BCUT2D eigenvalue weighted by Crippen LogP contribution is -2.48. The van der Waals surface area contributed by atoms with Crippen LogP contribution in [-0.4, -0.2) is 39.0 Å². The third kappa shape index (κ3) is 4.24. The van der Waals surface area contributed by atoms with E-state index in [1.54, 1.807) is 0 Å². The van der Waals surface area contributed by atoms with E-state index in [2.05, 4.69) is 20.9 Å². The van der Waals surface area contributed by atoms with Crippen LogP contribution in [-0.2, 0) is 6.18 Å². The van der Waals surface area contributed by atoms with Crippen molar-refractivity contribution in [3.8, 4) is 5.69 Å². The number of benzene rings is 1. The Morgan fingerprint density at radius 1 is 1.22 bits per heavy atom. The maximum atomic E-state index is 12.8. The van der Waals surface area contributed by atoms with Crippen molar-refractivity contribution >= 4 is 18.3 Å². The van der Waals surface area contributed by atoms with Crippen LogP contribution in [0, 0.1) is 0 Å². The molecule has 2 fully saturated rings.